The highest BCUT2D eigenvalue weighted by Gasteiger charge is 2.16. The van der Waals surface area contributed by atoms with Crippen molar-refractivity contribution in [1.82, 2.24) is 15.1 Å². The molecule has 0 fully saturated rings. The first-order valence-corrected chi connectivity index (χ1v) is 9.90. The minimum atomic E-state index is -0.178. The minimum Gasteiger partial charge on any atom is -0.345 e. The molecule has 28 heavy (non-hydrogen) atoms. The number of aryl methyl sites for hydroxylation is 1. The zero-order chi connectivity index (χ0) is 20.3. The van der Waals surface area contributed by atoms with Crippen molar-refractivity contribution in [1.29, 1.82) is 0 Å². The molecule has 2 N–H and O–H groups in total. The van der Waals surface area contributed by atoms with Crippen LogP contribution in [-0.4, -0.2) is 21.6 Å². The number of anilines is 1. The fourth-order valence-electron chi connectivity index (χ4n) is 2.85. The van der Waals surface area contributed by atoms with E-state index in [2.05, 4.69) is 38.3 Å². The monoisotopic (exact) mass is 488 g/mol. The van der Waals surface area contributed by atoms with Crippen molar-refractivity contribution in [3.8, 4) is 0 Å². The van der Waals surface area contributed by atoms with Gasteiger partial charge in [-0.1, -0.05) is 12.1 Å². The second-order valence-corrected chi connectivity index (χ2v) is 7.68. The van der Waals surface area contributed by atoms with Crippen LogP contribution in [0.25, 0.3) is 0 Å². The molecule has 2 aromatic carbocycles. The molecule has 1 aromatic heterocycles. The van der Waals surface area contributed by atoms with Gasteiger partial charge in [0.15, 0.2) is 0 Å². The lowest BCUT2D eigenvalue weighted by Crippen LogP contribution is -2.27. The maximum atomic E-state index is 12.5. The van der Waals surface area contributed by atoms with Crippen LogP contribution in [0.3, 0.4) is 0 Å². The first kappa shape index (κ1) is 20.1. The number of carbonyl (C=O) groups is 2. The Bertz CT molecular complexity index is 1010. The molecule has 0 aliphatic heterocycles. The smallest absolute Gasteiger partial charge is 0.256 e. The number of benzene rings is 2. The lowest BCUT2D eigenvalue weighted by Gasteiger charge is -2.14. The molecule has 1 heterocycles. The molecule has 0 saturated heterocycles. The van der Waals surface area contributed by atoms with Crippen molar-refractivity contribution in [2.24, 2.45) is 7.05 Å². The summed E-state index contributed by atoms with van der Waals surface area (Å²) in [5.41, 5.74) is 3.78. The number of hydrogen-bond acceptors (Lipinski definition) is 3. The van der Waals surface area contributed by atoms with Gasteiger partial charge in [-0.2, -0.15) is 5.10 Å². The number of nitrogens with one attached hydrogen (secondary N) is 2. The van der Waals surface area contributed by atoms with Crippen molar-refractivity contribution in [3.05, 3.63) is 80.7 Å². The second-order valence-electron chi connectivity index (χ2n) is 6.52. The van der Waals surface area contributed by atoms with Gasteiger partial charge in [-0.05, 0) is 72.8 Å². The topological polar surface area (TPSA) is 76.0 Å². The molecule has 3 rings (SSSR count). The summed E-state index contributed by atoms with van der Waals surface area (Å²) >= 11 is 2.13. The van der Waals surface area contributed by atoms with Crippen LogP contribution < -0.4 is 10.6 Å². The number of rotatable bonds is 5. The summed E-state index contributed by atoms with van der Waals surface area (Å²) in [7, 11) is 1.87. The Kier molecular flexibility index (Phi) is 6.13. The van der Waals surface area contributed by atoms with E-state index in [0.717, 1.165) is 14.8 Å². The zero-order valence-corrected chi connectivity index (χ0v) is 18.0. The molecular weight excluding hydrogens is 467 g/mol. The van der Waals surface area contributed by atoms with E-state index >= 15 is 0 Å². The van der Waals surface area contributed by atoms with Crippen molar-refractivity contribution in [2.45, 2.75) is 19.9 Å². The zero-order valence-electron chi connectivity index (χ0n) is 15.9. The van der Waals surface area contributed by atoms with Gasteiger partial charge in [0.2, 0.25) is 0 Å². The summed E-state index contributed by atoms with van der Waals surface area (Å²) in [6, 6.07) is 14.1. The van der Waals surface area contributed by atoms with Gasteiger partial charge in [0.05, 0.1) is 17.8 Å². The van der Waals surface area contributed by atoms with Crippen LogP contribution in [0, 0.1) is 10.5 Å². The number of amides is 2. The molecule has 2 amide bonds. The Morgan fingerprint density at radius 1 is 1.07 bits per heavy atom. The van der Waals surface area contributed by atoms with Crippen LogP contribution in [0.4, 0.5) is 5.69 Å². The molecule has 0 saturated carbocycles. The summed E-state index contributed by atoms with van der Waals surface area (Å²) in [4.78, 5) is 24.9. The molecule has 7 heteroatoms. The third-order valence-corrected chi connectivity index (χ3v) is 5.55. The molecule has 0 spiro atoms. The summed E-state index contributed by atoms with van der Waals surface area (Å²) < 4.78 is 2.66. The highest BCUT2D eigenvalue weighted by molar-refractivity contribution is 14.1. The van der Waals surface area contributed by atoms with Crippen molar-refractivity contribution in [3.63, 3.8) is 0 Å². The third-order valence-electron chi connectivity index (χ3n) is 4.61. The quantitative estimate of drug-likeness (QED) is 0.532. The Hall–Kier alpha value is -2.68. The predicted octanol–water partition coefficient (Wildman–Crippen LogP) is 4.08. The SMILES string of the molecule is Cc1c(C(C)NC(=O)c2ccc(NC(=O)c3ccccc3I)cc2)cnn1C. The van der Waals surface area contributed by atoms with Gasteiger partial charge in [-0.3, -0.25) is 14.3 Å². The molecule has 144 valence electrons. The molecule has 0 bridgehead atoms. The van der Waals surface area contributed by atoms with E-state index in [9.17, 15) is 9.59 Å². The van der Waals surface area contributed by atoms with Gasteiger partial charge >= 0.3 is 0 Å². The molecule has 3 aromatic rings. The summed E-state index contributed by atoms with van der Waals surface area (Å²) in [5.74, 6) is -0.353. The predicted molar refractivity (Wildman–Crippen MR) is 117 cm³/mol. The Labute approximate surface area is 177 Å². The van der Waals surface area contributed by atoms with Crippen LogP contribution in [0.2, 0.25) is 0 Å². The van der Waals surface area contributed by atoms with Gasteiger partial charge in [0, 0.05) is 33.1 Å². The van der Waals surface area contributed by atoms with E-state index in [0.29, 0.717) is 16.8 Å². The van der Waals surface area contributed by atoms with Crippen LogP contribution in [0.1, 0.15) is 44.9 Å². The second kappa shape index (κ2) is 8.55. The molecule has 1 atom stereocenters. The van der Waals surface area contributed by atoms with Crippen LogP contribution in [0.15, 0.2) is 54.7 Å². The lowest BCUT2D eigenvalue weighted by atomic mass is 10.1. The molecule has 0 aliphatic rings. The van der Waals surface area contributed by atoms with Gasteiger partial charge in [-0.15, -0.1) is 0 Å². The summed E-state index contributed by atoms with van der Waals surface area (Å²) in [6.45, 7) is 3.90. The molecular formula is C21H21IN4O2. The fraction of sp³-hybridized carbons (Fsp3) is 0.190. The van der Waals surface area contributed by atoms with E-state index in [1.807, 2.05) is 39.1 Å². The van der Waals surface area contributed by atoms with E-state index in [1.54, 1.807) is 41.2 Å². The largest absolute Gasteiger partial charge is 0.345 e. The average molecular weight is 488 g/mol. The molecule has 0 radical (unpaired) electrons. The first-order chi connectivity index (χ1) is 13.4. The third kappa shape index (κ3) is 4.41. The maximum Gasteiger partial charge on any atom is 0.256 e. The average Bonchev–Trinajstić information content (AvgIpc) is 3.01. The number of nitrogens with zero attached hydrogens (tertiary/aromatic N) is 2. The van der Waals surface area contributed by atoms with Crippen LogP contribution in [-0.2, 0) is 7.05 Å². The van der Waals surface area contributed by atoms with E-state index in [-0.39, 0.29) is 17.9 Å². The Morgan fingerprint density at radius 3 is 2.36 bits per heavy atom. The van der Waals surface area contributed by atoms with E-state index < -0.39 is 0 Å². The van der Waals surface area contributed by atoms with Crippen molar-refractivity contribution < 1.29 is 9.59 Å². The summed E-state index contributed by atoms with van der Waals surface area (Å²) in [6.07, 6.45) is 1.77. The minimum absolute atomic E-state index is 0.152. The standard InChI is InChI=1S/C21H21IN4O2/c1-13(18-12-23-26(3)14(18)2)24-20(27)15-8-10-16(11-9-15)25-21(28)17-6-4-5-7-19(17)22/h4-13H,1-3H3,(H,24,27)(H,25,28). The Balaban J connectivity index is 1.65. The van der Waals surface area contributed by atoms with Gasteiger partial charge < -0.3 is 10.6 Å². The first-order valence-electron chi connectivity index (χ1n) is 8.82. The Morgan fingerprint density at radius 2 is 1.75 bits per heavy atom. The normalized spacial score (nSPS) is 11.7. The van der Waals surface area contributed by atoms with Crippen molar-refractivity contribution >= 4 is 40.1 Å². The number of hydrogen-bond donors (Lipinski definition) is 2. The molecule has 1 unspecified atom stereocenters. The highest BCUT2D eigenvalue weighted by atomic mass is 127. The summed E-state index contributed by atoms with van der Waals surface area (Å²) in [5, 5.41) is 10.0. The van der Waals surface area contributed by atoms with Gasteiger partial charge in [0.25, 0.3) is 11.8 Å². The van der Waals surface area contributed by atoms with Crippen LogP contribution >= 0.6 is 22.6 Å². The number of carbonyl (C=O) groups excluding carboxylic acids is 2. The van der Waals surface area contributed by atoms with Gasteiger partial charge in [0.1, 0.15) is 0 Å². The van der Waals surface area contributed by atoms with E-state index in [4.69, 9.17) is 0 Å². The lowest BCUT2D eigenvalue weighted by molar-refractivity contribution is 0.0939. The molecule has 6 nitrogen and oxygen atoms in total. The number of aromatic nitrogens is 2. The highest BCUT2D eigenvalue weighted by Crippen LogP contribution is 2.18. The van der Waals surface area contributed by atoms with Crippen molar-refractivity contribution in [2.75, 3.05) is 5.32 Å². The van der Waals surface area contributed by atoms with E-state index in [1.165, 1.54) is 0 Å². The number of halogens is 1. The fourth-order valence-corrected chi connectivity index (χ4v) is 3.48. The van der Waals surface area contributed by atoms with Crippen LogP contribution in [0.5, 0.6) is 0 Å². The van der Waals surface area contributed by atoms with Gasteiger partial charge in [-0.25, -0.2) is 0 Å². The maximum absolute atomic E-state index is 12.5. The molecule has 0 aliphatic carbocycles.